The van der Waals surface area contributed by atoms with Crippen molar-refractivity contribution < 1.29 is 9.90 Å². The second-order valence-electron chi connectivity index (χ2n) is 5.40. The number of benzene rings is 1. The minimum Gasteiger partial charge on any atom is -0.481 e. The molecule has 0 radical (unpaired) electrons. The number of aliphatic carboxylic acids is 1. The highest BCUT2D eigenvalue weighted by atomic mass is 16.4. The molecule has 0 saturated heterocycles. The molecule has 1 atom stereocenters. The molecule has 0 saturated carbocycles. The lowest BCUT2D eigenvalue weighted by Crippen LogP contribution is -2.29. The first-order chi connectivity index (χ1) is 7.85. The fourth-order valence-corrected chi connectivity index (χ4v) is 2.49. The maximum Gasteiger partial charge on any atom is 0.313 e. The maximum absolute atomic E-state index is 11.4. The molecule has 1 N–H and O–H groups in total. The van der Waals surface area contributed by atoms with Gasteiger partial charge in [0.05, 0.1) is 5.41 Å². The number of carboxylic acids is 1. The van der Waals surface area contributed by atoms with Crippen LogP contribution in [0, 0.1) is 0 Å². The van der Waals surface area contributed by atoms with Crippen LogP contribution in [-0.4, -0.2) is 24.2 Å². The molecule has 1 aromatic rings. The highest BCUT2D eigenvalue weighted by Gasteiger charge is 2.35. The van der Waals surface area contributed by atoms with Crippen molar-refractivity contribution in [3.8, 4) is 0 Å². The number of anilines is 1. The van der Waals surface area contributed by atoms with E-state index in [9.17, 15) is 9.90 Å². The van der Waals surface area contributed by atoms with E-state index in [1.165, 1.54) is 11.3 Å². The van der Waals surface area contributed by atoms with Gasteiger partial charge in [-0.05, 0) is 44.4 Å². The third-order valence-corrected chi connectivity index (χ3v) is 3.90. The SMILES string of the molecule is CC1Cc2c(cccc2C(C)(C)C(=O)O)N1C. The third kappa shape index (κ3) is 1.70. The van der Waals surface area contributed by atoms with Crippen molar-refractivity contribution in [2.24, 2.45) is 0 Å². The van der Waals surface area contributed by atoms with Crippen molar-refractivity contribution in [1.29, 1.82) is 0 Å². The van der Waals surface area contributed by atoms with Gasteiger partial charge in [0.2, 0.25) is 0 Å². The van der Waals surface area contributed by atoms with E-state index < -0.39 is 11.4 Å². The predicted molar refractivity (Wildman–Crippen MR) is 68.7 cm³/mol. The van der Waals surface area contributed by atoms with Gasteiger partial charge in [0.15, 0.2) is 0 Å². The van der Waals surface area contributed by atoms with Gasteiger partial charge in [0.1, 0.15) is 0 Å². The van der Waals surface area contributed by atoms with Gasteiger partial charge in [-0.25, -0.2) is 0 Å². The van der Waals surface area contributed by atoms with Gasteiger partial charge < -0.3 is 10.0 Å². The number of rotatable bonds is 2. The number of likely N-dealkylation sites (N-methyl/N-ethyl adjacent to an activating group) is 1. The average Bonchev–Trinajstić information content (AvgIpc) is 2.55. The van der Waals surface area contributed by atoms with Crippen LogP contribution in [0.2, 0.25) is 0 Å². The normalized spacial score (nSPS) is 19.3. The lowest BCUT2D eigenvalue weighted by atomic mass is 9.81. The second kappa shape index (κ2) is 3.76. The van der Waals surface area contributed by atoms with Crippen molar-refractivity contribution in [2.45, 2.75) is 38.6 Å². The molecular formula is C14H19NO2. The van der Waals surface area contributed by atoms with Crippen molar-refractivity contribution >= 4 is 11.7 Å². The number of hydrogen-bond acceptors (Lipinski definition) is 2. The Kier molecular flexibility index (Phi) is 2.64. The Hall–Kier alpha value is -1.51. The van der Waals surface area contributed by atoms with E-state index >= 15 is 0 Å². The molecule has 1 aliphatic heterocycles. The first kappa shape index (κ1) is 12.0. The molecule has 17 heavy (non-hydrogen) atoms. The molecule has 1 heterocycles. The Morgan fingerprint density at radius 3 is 2.71 bits per heavy atom. The second-order valence-corrected chi connectivity index (χ2v) is 5.40. The van der Waals surface area contributed by atoms with Gasteiger partial charge in [-0.15, -0.1) is 0 Å². The topological polar surface area (TPSA) is 40.5 Å². The molecule has 1 unspecified atom stereocenters. The van der Waals surface area contributed by atoms with Crippen molar-refractivity contribution in [2.75, 3.05) is 11.9 Å². The monoisotopic (exact) mass is 233 g/mol. The summed E-state index contributed by atoms with van der Waals surface area (Å²) < 4.78 is 0. The van der Waals surface area contributed by atoms with Gasteiger partial charge in [-0.2, -0.15) is 0 Å². The number of carbonyl (C=O) groups is 1. The number of nitrogens with zero attached hydrogens (tertiary/aromatic N) is 1. The first-order valence-electron chi connectivity index (χ1n) is 5.94. The maximum atomic E-state index is 11.4. The lowest BCUT2D eigenvalue weighted by Gasteiger charge is -2.23. The highest BCUT2D eigenvalue weighted by molar-refractivity contribution is 5.82. The molecule has 1 aromatic carbocycles. The Balaban J connectivity index is 2.57. The van der Waals surface area contributed by atoms with E-state index in [0.717, 1.165) is 12.0 Å². The van der Waals surface area contributed by atoms with Crippen LogP contribution in [0.4, 0.5) is 5.69 Å². The molecule has 0 fully saturated rings. The molecule has 3 heteroatoms. The summed E-state index contributed by atoms with van der Waals surface area (Å²) >= 11 is 0. The van der Waals surface area contributed by atoms with Crippen LogP contribution in [0.15, 0.2) is 18.2 Å². The zero-order chi connectivity index (χ0) is 12.8. The standard InChI is InChI=1S/C14H19NO2/c1-9-8-10-11(14(2,3)13(16)17)6-5-7-12(10)15(9)4/h5-7,9H,8H2,1-4H3,(H,16,17). The Labute approximate surface area is 102 Å². The van der Waals surface area contributed by atoms with E-state index in [0.29, 0.717) is 6.04 Å². The minimum absolute atomic E-state index is 0.441. The number of fused-ring (bicyclic) bond motifs is 1. The van der Waals surface area contributed by atoms with Gasteiger partial charge in [-0.3, -0.25) is 4.79 Å². The molecule has 2 rings (SSSR count). The van der Waals surface area contributed by atoms with Gasteiger partial charge in [-0.1, -0.05) is 12.1 Å². The fraction of sp³-hybridized carbons (Fsp3) is 0.500. The third-order valence-electron chi connectivity index (χ3n) is 3.90. The molecule has 0 aromatic heterocycles. The van der Waals surface area contributed by atoms with E-state index in [1.54, 1.807) is 13.8 Å². The average molecular weight is 233 g/mol. The minimum atomic E-state index is -0.823. The molecule has 0 spiro atoms. The molecule has 3 nitrogen and oxygen atoms in total. The molecule has 1 aliphatic rings. The summed E-state index contributed by atoms with van der Waals surface area (Å²) in [5.41, 5.74) is 2.48. The Morgan fingerprint density at radius 2 is 2.12 bits per heavy atom. The van der Waals surface area contributed by atoms with E-state index in [-0.39, 0.29) is 0 Å². The summed E-state index contributed by atoms with van der Waals surface area (Å²) in [6, 6.07) is 6.41. The van der Waals surface area contributed by atoms with Gasteiger partial charge >= 0.3 is 5.97 Å². The molecular weight excluding hydrogens is 214 g/mol. The van der Waals surface area contributed by atoms with Crippen LogP contribution < -0.4 is 4.90 Å². The largest absolute Gasteiger partial charge is 0.481 e. The first-order valence-corrected chi connectivity index (χ1v) is 5.94. The van der Waals surface area contributed by atoms with Crippen molar-refractivity contribution in [3.63, 3.8) is 0 Å². The molecule has 92 valence electrons. The van der Waals surface area contributed by atoms with Crippen LogP contribution in [0.5, 0.6) is 0 Å². The van der Waals surface area contributed by atoms with Gasteiger partial charge in [0.25, 0.3) is 0 Å². The Morgan fingerprint density at radius 1 is 1.47 bits per heavy atom. The summed E-state index contributed by atoms with van der Waals surface area (Å²) in [5.74, 6) is -0.770. The van der Waals surface area contributed by atoms with Crippen LogP contribution in [-0.2, 0) is 16.6 Å². The van der Waals surface area contributed by atoms with E-state index in [1.807, 2.05) is 12.1 Å². The van der Waals surface area contributed by atoms with Gasteiger partial charge in [0, 0.05) is 18.8 Å². The van der Waals surface area contributed by atoms with E-state index in [4.69, 9.17) is 0 Å². The van der Waals surface area contributed by atoms with Crippen LogP contribution >= 0.6 is 0 Å². The fourth-order valence-electron chi connectivity index (χ4n) is 2.49. The van der Waals surface area contributed by atoms with Crippen LogP contribution in [0.25, 0.3) is 0 Å². The van der Waals surface area contributed by atoms with Crippen molar-refractivity contribution in [1.82, 2.24) is 0 Å². The zero-order valence-corrected chi connectivity index (χ0v) is 10.8. The smallest absolute Gasteiger partial charge is 0.313 e. The Bertz CT molecular complexity index is 465. The predicted octanol–water partition coefficient (Wildman–Crippen LogP) is 2.43. The van der Waals surface area contributed by atoms with Crippen LogP contribution in [0.3, 0.4) is 0 Å². The quantitative estimate of drug-likeness (QED) is 0.853. The summed E-state index contributed by atoms with van der Waals surface area (Å²) in [6.45, 7) is 5.71. The molecule has 0 amide bonds. The van der Waals surface area contributed by atoms with Crippen molar-refractivity contribution in [3.05, 3.63) is 29.3 Å². The van der Waals surface area contributed by atoms with Crippen LogP contribution in [0.1, 0.15) is 31.9 Å². The van der Waals surface area contributed by atoms with E-state index in [2.05, 4.69) is 24.9 Å². The molecule has 0 bridgehead atoms. The lowest BCUT2D eigenvalue weighted by molar-refractivity contribution is -0.142. The number of carboxylic acid groups (broad SMARTS) is 1. The zero-order valence-electron chi connectivity index (χ0n) is 10.8. The summed E-state index contributed by atoms with van der Waals surface area (Å²) in [7, 11) is 2.06. The summed E-state index contributed by atoms with van der Waals surface area (Å²) in [5, 5.41) is 9.34. The summed E-state index contributed by atoms with van der Waals surface area (Å²) in [6.07, 6.45) is 0.929. The highest BCUT2D eigenvalue weighted by Crippen LogP contribution is 2.38. The molecule has 0 aliphatic carbocycles. The number of hydrogen-bond donors (Lipinski definition) is 1. The summed E-state index contributed by atoms with van der Waals surface area (Å²) in [4.78, 5) is 13.6.